The average Bonchev–Trinajstić information content (AvgIpc) is 3.30. The number of rotatable bonds is 4. The number of thiazole rings is 1. The van der Waals surface area contributed by atoms with Crippen LogP contribution in [0.4, 0.5) is 0 Å². The predicted octanol–water partition coefficient (Wildman–Crippen LogP) is 5.10. The first kappa shape index (κ1) is 19.6. The van der Waals surface area contributed by atoms with Crippen molar-refractivity contribution in [3.63, 3.8) is 0 Å². The molecule has 1 unspecified atom stereocenters. The molecule has 3 aromatic carbocycles. The monoisotopic (exact) mass is 430 g/mol. The molecule has 0 N–H and O–H groups in total. The van der Waals surface area contributed by atoms with Gasteiger partial charge < -0.3 is 14.4 Å². The lowest BCUT2D eigenvalue weighted by Crippen LogP contribution is -2.40. The Balaban J connectivity index is 1.62. The summed E-state index contributed by atoms with van der Waals surface area (Å²) in [6.45, 7) is 0.627. The number of amides is 1. The van der Waals surface area contributed by atoms with E-state index in [-0.39, 0.29) is 11.9 Å². The van der Waals surface area contributed by atoms with Crippen LogP contribution < -0.4 is 9.47 Å². The zero-order chi connectivity index (χ0) is 21.4. The summed E-state index contributed by atoms with van der Waals surface area (Å²) in [6.07, 6.45) is 0.758. The van der Waals surface area contributed by atoms with Gasteiger partial charge in [-0.05, 0) is 53.4 Å². The van der Waals surface area contributed by atoms with Crippen molar-refractivity contribution in [2.45, 2.75) is 12.5 Å². The molecular formula is C25H22N2O3S. The van der Waals surface area contributed by atoms with Crippen molar-refractivity contribution in [3.8, 4) is 11.5 Å². The standard InChI is InChI=1S/C25H22N2O3S/c1-29-21-12-17-10-11-27(25(28)18-8-9-20-23(13-18)31-15-26-20)24(16-6-4-3-5-7-16)19(17)14-22(21)30-2/h3-9,12-15,24H,10-11H2,1-2H3. The molecule has 0 saturated carbocycles. The molecular weight excluding hydrogens is 408 g/mol. The van der Waals surface area contributed by atoms with Crippen molar-refractivity contribution in [2.75, 3.05) is 20.8 Å². The number of ether oxygens (including phenoxy) is 2. The molecule has 5 rings (SSSR count). The molecule has 0 fully saturated rings. The fraction of sp³-hybridized carbons (Fsp3) is 0.200. The van der Waals surface area contributed by atoms with E-state index in [9.17, 15) is 4.79 Å². The third kappa shape index (κ3) is 3.43. The minimum Gasteiger partial charge on any atom is -0.493 e. The maximum absolute atomic E-state index is 13.7. The van der Waals surface area contributed by atoms with E-state index in [1.54, 1.807) is 25.6 Å². The third-order valence-electron chi connectivity index (χ3n) is 5.83. The third-order valence-corrected chi connectivity index (χ3v) is 6.62. The summed E-state index contributed by atoms with van der Waals surface area (Å²) in [7, 11) is 3.28. The van der Waals surface area contributed by atoms with E-state index in [1.165, 1.54) is 5.56 Å². The molecule has 0 radical (unpaired) electrons. The molecule has 1 aromatic heterocycles. The molecule has 156 valence electrons. The fourth-order valence-corrected chi connectivity index (χ4v) is 5.03. The molecule has 1 atom stereocenters. The number of methoxy groups -OCH3 is 2. The minimum absolute atomic E-state index is 0.0181. The van der Waals surface area contributed by atoms with Crippen molar-refractivity contribution in [2.24, 2.45) is 0 Å². The van der Waals surface area contributed by atoms with Crippen LogP contribution >= 0.6 is 11.3 Å². The van der Waals surface area contributed by atoms with Crippen molar-refractivity contribution in [1.82, 2.24) is 9.88 Å². The van der Waals surface area contributed by atoms with Crippen LogP contribution in [0.1, 0.15) is 33.1 Å². The van der Waals surface area contributed by atoms with E-state index in [1.807, 2.05) is 58.9 Å². The molecule has 0 aliphatic carbocycles. The minimum atomic E-state index is -0.200. The SMILES string of the molecule is COc1cc2c(cc1OC)C(c1ccccc1)N(C(=O)c1ccc3ncsc3c1)CC2. The summed E-state index contributed by atoms with van der Waals surface area (Å²) in [5.74, 6) is 1.40. The van der Waals surface area contributed by atoms with Gasteiger partial charge >= 0.3 is 0 Å². The zero-order valence-electron chi connectivity index (χ0n) is 17.4. The van der Waals surface area contributed by atoms with Crippen LogP contribution in [0.2, 0.25) is 0 Å². The summed E-state index contributed by atoms with van der Waals surface area (Å²) in [6, 6.07) is 19.7. The number of carbonyl (C=O) groups is 1. The van der Waals surface area contributed by atoms with Gasteiger partial charge in [-0.25, -0.2) is 4.98 Å². The molecule has 1 aliphatic heterocycles. The normalized spacial score (nSPS) is 15.5. The van der Waals surface area contributed by atoms with Crippen molar-refractivity contribution < 1.29 is 14.3 Å². The molecule has 4 aromatic rings. The Morgan fingerprint density at radius 2 is 1.81 bits per heavy atom. The summed E-state index contributed by atoms with van der Waals surface area (Å²) in [5.41, 5.74) is 6.73. The molecule has 6 heteroatoms. The van der Waals surface area contributed by atoms with Gasteiger partial charge in [-0.3, -0.25) is 4.79 Å². The van der Waals surface area contributed by atoms with Gasteiger partial charge in [-0.15, -0.1) is 11.3 Å². The van der Waals surface area contributed by atoms with Gasteiger partial charge in [0.15, 0.2) is 11.5 Å². The largest absolute Gasteiger partial charge is 0.493 e. The second-order valence-corrected chi connectivity index (χ2v) is 8.39. The Morgan fingerprint density at radius 1 is 1.03 bits per heavy atom. The van der Waals surface area contributed by atoms with Gasteiger partial charge in [0.25, 0.3) is 5.91 Å². The highest BCUT2D eigenvalue weighted by molar-refractivity contribution is 7.16. The van der Waals surface area contributed by atoms with Crippen LogP contribution in [0.5, 0.6) is 11.5 Å². The van der Waals surface area contributed by atoms with Gasteiger partial charge in [0.2, 0.25) is 0 Å². The van der Waals surface area contributed by atoms with E-state index in [0.717, 1.165) is 27.8 Å². The molecule has 0 saturated heterocycles. The lowest BCUT2D eigenvalue weighted by Gasteiger charge is -2.38. The molecule has 1 aliphatic rings. The van der Waals surface area contributed by atoms with Crippen molar-refractivity contribution in [1.29, 1.82) is 0 Å². The van der Waals surface area contributed by atoms with Gasteiger partial charge in [-0.2, -0.15) is 0 Å². The van der Waals surface area contributed by atoms with Crippen LogP contribution in [0.15, 0.2) is 66.2 Å². The van der Waals surface area contributed by atoms with Crippen molar-refractivity contribution in [3.05, 3.63) is 88.4 Å². The smallest absolute Gasteiger partial charge is 0.254 e. The summed E-state index contributed by atoms with van der Waals surface area (Å²) >= 11 is 1.55. The molecule has 1 amide bonds. The molecule has 5 nitrogen and oxygen atoms in total. The average molecular weight is 431 g/mol. The fourth-order valence-electron chi connectivity index (χ4n) is 4.31. The highest BCUT2D eigenvalue weighted by Crippen LogP contribution is 2.41. The lowest BCUT2D eigenvalue weighted by atomic mass is 9.87. The number of hydrogen-bond acceptors (Lipinski definition) is 5. The second-order valence-electron chi connectivity index (χ2n) is 7.50. The first-order valence-corrected chi connectivity index (χ1v) is 11.0. The lowest BCUT2D eigenvalue weighted by molar-refractivity contribution is 0.0694. The Morgan fingerprint density at radius 3 is 2.58 bits per heavy atom. The van der Waals surface area contributed by atoms with Crippen LogP contribution in [0.25, 0.3) is 10.2 Å². The number of fused-ring (bicyclic) bond motifs is 2. The van der Waals surface area contributed by atoms with Gasteiger partial charge in [0, 0.05) is 12.1 Å². The maximum Gasteiger partial charge on any atom is 0.254 e. The van der Waals surface area contributed by atoms with Gasteiger partial charge in [0.05, 0.1) is 36.0 Å². The zero-order valence-corrected chi connectivity index (χ0v) is 18.2. The summed E-state index contributed by atoms with van der Waals surface area (Å²) in [4.78, 5) is 20.0. The number of aromatic nitrogens is 1. The van der Waals surface area contributed by atoms with E-state index in [4.69, 9.17) is 9.47 Å². The number of benzene rings is 3. The predicted molar refractivity (Wildman–Crippen MR) is 122 cm³/mol. The molecule has 0 bridgehead atoms. The molecule has 2 heterocycles. The Bertz CT molecular complexity index is 1250. The quantitative estimate of drug-likeness (QED) is 0.452. The Labute approximate surface area is 184 Å². The van der Waals surface area contributed by atoms with Crippen LogP contribution in [0, 0.1) is 0 Å². The topological polar surface area (TPSA) is 51.7 Å². The van der Waals surface area contributed by atoms with Crippen molar-refractivity contribution >= 4 is 27.5 Å². The highest BCUT2D eigenvalue weighted by Gasteiger charge is 2.33. The van der Waals surface area contributed by atoms with E-state index in [2.05, 4.69) is 17.1 Å². The molecule has 31 heavy (non-hydrogen) atoms. The second kappa shape index (κ2) is 8.04. The Kier molecular flexibility index (Phi) is 5.08. The number of nitrogens with zero attached hydrogens (tertiary/aromatic N) is 2. The van der Waals surface area contributed by atoms with E-state index in [0.29, 0.717) is 23.6 Å². The van der Waals surface area contributed by atoms with Crippen LogP contribution in [-0.2, 0) is 6.42 Å². The summed E-state index contributed by atoms with van der Waals surface area (Å²) < 4.78 is 12.1. The van der Waals surface area contributed by atoms with E-state index >= 15 is 0 Å². The maximum atomic E-state index is 13.7. The molecule has 0 spiro atoms. The van der Waals surface area contributed by atoms with Crippen LogP contribution in [-0.4, -0.2) is 36.6 Å². The first-order chi connectivity index (χ1) is 15.2. The first-order valence-electron chi connectivity index (χ1n) is 10.1. The highest BCUT2D eigenvalue weighted by atomic mass is 32.1. The summed E-state index contributed by atoms with van der Waals surface area (Å²) in [5, 5.41) is 0. The Hall–Kier alpha value is -3.38. The number of carbonyl (C=O) groups excluding carboxylic acids is 1. The number of hydrogen-bond donors (Lipinski definition) is 0. The van der Waals surface area contributed by atoms with Gasteiger partial charge in [0.1, 0.15) is 0 Å². The van der Waals surface area contributed by atoms with Gasteiger partial charge in [-0.1, -0.05) is 30.3 Å². The van der Waals surface area contributed by atoms with E-state index < -0.39 is 0 Å². The van der Waals surface area contributed by atoms with Crippen LogP contribution in [0.3, 0.4) is 0 Å².